The summed E-state index contributed by atoms with van der Waals surface area (Å²) in [4.78, 5) is 24.0. The van der Waals surface area contributed by atoms with Gasteiger partial charge >= 0.3 is 0 Å². The first-order valence-electron chi connectivity index (χ1n) is 8.20. The Balaban J connectivity index is 1.79. The fourth-order valence-corrected chi connectivity index (χ4v) is 2.11. The van der Waals surface area contributed by atoms with Crippen molar-refractivity contribution in [3.63, 3.8) is 0 Å². The first-order valence-corrected chi connectivity index (χ1v) is 8.20. The van der Waals surface area contributed by atoms with E-state index < -0.39 is 17.9 Å². The molecule has 0 saturated heterocycles. The number of hydrogen-bond acceptors (Lipinski definition) is 5. The third-order valence-electron chi connectivity index (χ3n) is 3.44. The monoisotopic (exact) mass is 358 g/mol. The number of methoxy groups -OCH3 is 1. The number of nitrogens with one attached hydrogen (secondary N) is 2. The lowest BCUT2D eigenvalue weighted by Gasteiger charge is -2.17. The van der Waals surface area contributed by atoms with Crippen LogP contribution < -0.4 is 25.1 Å². The molecule has 7 heteroatoms. The van der Waals surface area contributed by atoms with Crippen molar-refractivity contribution in [2.75, 3.05) is 13.7 Å². The molecule has 2 rings (SSSR count). The summed E-state index contributed by atoms with van der Waals surface area (Å²) in [6.45, 7) is 1.55. The van der Waals surface area contributed by atoms with Gasteiger partial charge in [-0.15, -0.1) is 0 Å². The molecular formula is C19H22N2O5. The summed E-state index contributed by atoms with van der Waals surface area (Å²) in [5.74, 6) is 0.600. The maximum absolute atomic E-state index is 12.1. The van der Waals surface area contributed by atoms with Gasteiger partial charge in [0.1, 0.15) is 5.75 Å². The lowest BCUT2D eigenvalue weighted by atomic mass is 10.2. The molecule has 2 aromatic rings. The van der Waals surface area contributed by atoms with Crippen LogP contribution in [0.4, 0.5) is 0 Å². The topological polar surface area (TPSA) is 85.9 Å². The van der Waals surface area contributed by atoms with Crippen molar-refractivity contribution in [3.05, 3.63) is 54.6 Å². The Kier molecular flexibility index (Phi) is 7.30. The van der Waals surface area contributed by atoms with Gasteiger partial charge in [-0.1, -0.05) is 37.3 Å². The molecule has 0 heterocycles. The third kappa shape index (κ3) is 5.70. The number of benzene rings is 2. The van der Waals surface area contributed by atoms with Gasteiger partial charge in [-0.3, -0.25) is 20.4 Å². The van der Waals surface area contributed by atoms with Crippen molar-refractivity contribution in [2.24, 2.45) is 0 Å². The van der Waals surface area contributed by atoms with Crippen LogP contribution in [0.2, 0.25) is 0 Å². The minimum Gasteiger partial charge on any atom is -0.493 e. The molecule has 0 aliphatic rings. The van der Waals surface area contributed by atoms with Crippen LogP contribution in [0, 0.1) is 0 Å². The molecule has 0 aliphatic heterocycles. The normalized spacial score (nSPS) is 11.2. The van der Waals surface area contributed by atoms with Gasteiger partial charge in [0.25, 0.3) is 11.8 Å². The summed E-state index contributed by atoms with van der Waals surface area (Å²) in [5, 5.41) is 0. The van der Waals surface area contributed by atoms with E-state index in [1.54, 1.807) is 36.4 Å². The molecular weight excluding hydrogens is 336 g/mol. The molecule has 2 N–H and O–H groups in total. The number of hydrazine groups is 1. The van der Waals surface area contributed by atoms with E-state index in [-0.39, 0.29) is 6.61 Å². The quantitative estimate of drug-likeness (QED) is 0.706. The highest BCUT2D eigenvalue weighted by atomic mass is 16.5. The molecule has 0 fully saturated rings. The van der Waals surface area contributed by atoms with E-state index in [4.69, 9.17) is 14.2 Å². The van der Waals surface area contributed by atoms with Gasteiger partial charge in [-0.25, -0.2) is 0 Å². The Hall–Kier alpha value is -3.22. The maximum Gasteiger partial charge on any atom is 0.279 e. The number of hydrogen-bond donors (Lipinski definition) is 2. The summed E-state index contributed by atoms with van der Waals surface area (Å²) in [7, 11) is 1.51. The van der Waals surface area contributed by atoms with Crippen LogP contribution in [0.1, 0.15) is 13.3 Å². The molecule has 0 aliphatic carbocycles. The Morgan fingerprint density at radius 2 is 1.62 bits per heavy atom. The first kappa shape index (κ1) is 19.1. The predicted octanol–water partition coefficient (Wildman–Crippen LogP) is 2.08. The molecule has 0 spiro atoms. The Morgan fingerprint density at radius 1 is 0.962 bits per heavy atom. The summed E-state index contributed by atoms with van der Waals surface area (Å²) < 4.78 is 16.1. The average molecular weight is 358 g/mol. The second kappa shape index (κ2) is 9.93. The maximum atomic E-state index is 12.1. The standard InChI is InChI=1S/C19H22N2O5/c1-3-15(26-14-9-5-4-6-10-14)19(23)21-20-18(22)13-25-17-12-8-7-11-16(17)24-2/h4-12,15H,3,13H2,1-2H3,(H,20,22)(H,21,23). The van der Waals surface area contributed by atoms with E-state index >= 15 is 0 Å². The molecule has 26 heavy (non-hydrogen) atoms. The summed E-state index contributed by atoms with van der Waals surface area (Å²) in [6.07, 6.45) is -0.262. The van der Waals surface area contributed by atoms with Crippen LogP contribution in [0.25, 0.3) is 0 Å². The molecule has 0 aromatic heterocycles. The zero-order valence-electron chi connectivity index (χ0n) is 14.7. The summed E-state index contributed by atoms with van der Waals surface area (Å²) >= 11 is 0. The van der Waals surface area contributed by atoms with E-state index in [9.17, 15) is 9.59 Å². The molecule has 7 nitrogen and oxygen atoms in total. The number of rotatable bonds is 8. The van der Waals surface area contributed by atoms with E-state index in [2.05, 4.69) is 10.9 Å². The van der Waals surface area contributed by atoms with Crippen LogP contribution in [-0.2, 0) is 9.59 Å². The van der Waals surface area contributed by atoms with Crippen molar-refractivity contribution >= 4 is 11.8 Å². The van der Waals surface area contributed by atoms with Crippen molar-refractivity contribution in [1.82, 2.24) is 10.9 Å². The minimum atomic E-state index is -0.715. The van der Waals surface area contributed by atoms with Crippen LogP contribution in [0.15, 0.2) is 54.6 Å². The molecule has 0 saturated carbocycles. The SMILES string of the molecule is CCC(Oc1ccccc1)C(=O)NNC(=O)COc1ccccc1OC. The minimum absolute atomic E-state index is 0.267. The van der Waals surface area contributed by atoms with E-state index in [0.717, 1.165) is 0 Å². The third-order valence-corrected chi connectivity index (χ3v) is 3.44. The smallest absolute Gasteiger partial charge is 0.279 e. The molecule has 2 aromatic carbocycles. The summed E-state index contributed by atoms with van der Waals surface area (Å²) in [5.41, 5.74) is 4.65. The van der Waals surface area contributed by atoms with E-state index in [1.807, 2.05) is 25.1 Å². The van der Waals surface area contributed by atoms with Gasteiger partial charge in [0, 0.05) is 0 Å². The zero-order valence-corrected chi connectivity index (χ0v) is 14.7. The first-order chi connectivity index (χ1) is 12.6. The average Bonchev–Trinajstić information content (AvgIpc) is 2.69. The van der Waals surface area contributed by atoms with Crippen molar-refractivity contribution in [1.29, 1.82) is 0 Å². The highest BCUT2D eigenvalue weighted by Gasteiger charge is 2.19. The number of carbonyl (C=O) groups is 2. The van der Waals surface area contributed by atoms with Crippen molar-refractivity contribution in [2.45, 2.75) is 19.4 Å². The second-order valence-electron chi connectivity index (χ2n) is 5.30. The van der Waals surface area contributed by atoms with Crippen molar-refractivity contribution < 1.29 is 23.8 Å². The van der Waals surface area contributed by atoms with Crippen LogP contribution in [0.5, 0.6) is 17.2 Å². The lowest BCUT2D eigenvalue weighted by Crippen LogP contribution is -2.49. The predicted molar refractivity (Wildman–Crippen MR) is 95.9 cm³/mol. The van der Waals surface area contributed by atoms with Gasteiger partial charge in [0.15, 0.2) is 24.2 Å². The van der Waals surface area contributed by atoms with Gasteiger partial charge in [-0.05, 0) is 30.7 Å². The van der Waals surface area contributed by atoms with Crippen molar-refractivity contribution in [3.8, 4) is 17.2 Å². The highest BCUT2D eigenvalue weighted by molar-refractivity contribution is 5.85. The van der Waals surface area contributed by atoms with Gasteiger partial charge < -0.3 is 14.2 Å². The van der Waals surface area contributed by atoms with Gasteiger partial charge in [-0.2, -0.15) is 0 Å². The number of amides is 2. The van der Waals surface area contributed by atoms with Crippen LogP contribution in [-0.4, -0.2) is 31.6 Å². The molecule has 2 amide bonds. The highest BCUT2D eigenvalue weighted by Crippen LogP contribution is 2.25. The molecule has 1 unspecified atom stereocenters. The lowest BCUT2D eigenvalue weighted by molar-refractivity contribution is -0.134. The van der Waals surface area contributed by atoms with Crippen LogP contribution >= 0.6 is 0 Å². The number of carbonyl (C=O) groups excluding carboxylic acids is 2. The molecule has 0 bridgehead atoms. The number of para-hydroxylation sites is 3. The fraction of sp³-hybridized carbons (Fsp3) is 0.263. The molecule has 138 valence electrons. The largest absolute Gasteiger partial charge is 0.493 e. The Bertz CT molecular complexity index is 721. The van der Waals surface area contributed by atoms with Crippen LogP contribution in [0.3, 0.4) is 0 Å². The summed E-state index contributed by atoms with van der Waals surface area (Å²) in [6, 6.07) is 16.0. The Labute approximate surface area is 152 Å². The van der Waals surface area contributed by atoms with Gasteiger partial charge in [0.05, 0.1) is 7.11 Å². The van der Waals surface area contributed by atoms with E-state index in [1.165, 1.54) is 7.11 Å². The Morgan fingerprint density at radius 3 is 2.27 bits per heavy atom. The van der Waals surface area contributed by atoms with E-state index in [0.29, 0.717) is 23.7 Å². The van der Waals surface area contributed by atoms with Gasteiger partial charge in [0.2, 0.25) is 0 Å². The fourth-order valence-electron chi connectivity index (χ4n) is 2.11. The molecule has 1 atom stereocenters. The molecule has 0 radical (unpaired) electrons. The second-order valence-corrected chi connectivity index (χ2v) is 5.30. The zero-order chi connectivity index (χ0) is 18.8. The number of ether oxygens (including phenoxy) is 3.